The number of anilines is 1. The summed E-state index contributed by atoms with van der Waals surface area (Å²) in [7, 11) is 0. The van der Waals surface area contributed by atoms with Gasteiger partial charge in [0.2, 0.25) is 0 Å². The normalized spacial score (nSPS) is 10.4. The fraction of sp³-hybridized carbons (Fsp3) is 0.143. The molecule has 0 aliphatic carbocycles. The van der Waals surface area contributed by atoms with E-state index in [1.165, 1.54) is 12.1 Å². The van der Waals surface area contributed by atoms with Crippen LogP contribution in [-0.4, -0.2) is 20.4 Å². The molecule has 0 spiro atoms. The molecule has 2 rings (SSSR count). The van der Waals surface area contributed by atoms with Crippen molar-refractivity contribution in [1.82, 2.24) is 0 Å². The van der Waals surface area contributed by atoms with Gasteiger partial charge >= 0.3 is 0 Å². The van der Waals surface area contributed by atoms with Crippen LogP contribution in [0.25, 0.3) is 0 Å². The van der Waals surface area contributed by atoms with Gasteiger partial charge in [0.05, 0.1) is 6.61 Å². The third-order valence-electron chi connectivity index (χ3n) is 2.84. The van der Waals surface area contributed by atoms with Gasteiger partial charge in [0.1, 0.15) is 5.75 Å². The topological polar surface area (TPSA) is 93.0 Å². The molecule has 0 saturated heterocycles. The second kappa shape index (κ2) is 5.49. The largest absolute Gasteiger partial charge is 0.508 e. The van der Waals surface area contributed by atoms with Gasteiger partial charge in [-0.15, -0.1) is 0 Å². The minimum Gasteiger partial charge on any atom is -0.508 e. The van der Waals surface area contributed by atoms with Crippen molar-refractivity contribution in [2.24, 2.45) is 0 Å². The number of phenolic OH excluding ortho intramolecular Hbond substituents is 2. The fourth-order valence-corrected chi connectivity index (χ4v) is 1.73. The lowest BCUT2D eigenvalue weighted by atomic mass is 10.1. The average Bonchev–Trinajstić information content (AvgIpc) is 2.40. The molecule has 0 amide bonds. The van der Waals surface area contributed by atoms with E-state index in [1.54, 1.807) is 24.3 Å². The van der Waals surface area contributed by atoms with Gasteiger partial charge in [0, 0.05) is 29.4 Å². The smallest absolute Gasteiger partial charge is 0.162 e. The summed E-state index contributed by atoms with van der Waals surface area (Å²) in [6.07, 6.45) is 0. The summed E-state index contributed by atoms with van der Waals surface area (Å²) >= 11 is 0. The van der Waals surface area contributed by atoms with Crippen LogP contribution in [0.2, 0.25) is 0 Å². The lowest BCUT2D eigenvalue weighted by Gasteiger charge is -2.10. The Kier molecular flexibility index (Phi) is 3.77. The van der Waals surface area contributed by atoms with Gasteiger partial charge in [-0.05, 0) is 12.1 Å². The number of hydrogen-bond acceptors (Lipinski definition) is 5. The minimum absolute atomic E-state index is 0.00707. The number of hydrogen-bond donors (Lipinski definition) is 5. The first-order chi connectivity index (χ1) is 9.11. The van der Waals surface area contributed by atoms with E-state index in [9.17, 15) is 15.3 Å². The molecule has 0 unspecified atom stereocenters. The van der Waals surface area contributed by atoms with Gasteiger partial charge in [-0.2, -0.15) is 0 Å². The number of para-hydroxylation sites is 1. The van der Waals surface area contributed by atoms with Crippen LogP contribution in [0.15, 0.2) is 36.4 Å². The van der Waals surface area contributed by atoms with Crippen LogP contribution in [0.5, 0.6) is 17.2 Å². The molecule has 0 aliphatic rings. The predicted octanol–water partition coefficient (Wildman–Crippen LogP) is 1.91. The Morgan fingerprint density at radius 2 is 1.68 bits per heavy atom. The van der Waals surface area contributed by atoms with E-state index in [0.29, 0.717) is 23.4 Å². The van der Waals surface area contributed by atoms with Crippen molar-refractivity contribution in [1.29, 1.82) is 0 Å². The van der Waals surface area contributed by atoms with Gasteiger partial charge in [0.15, 0.2) is 11.5 Å². The van der Waals surface area contributed by atoms with Gasteiger partial charge in [-0.25, -0.2) is 0 Å². The summed E-state index contributed by atoms with van der Waals surface area (Å²) < 4.78 is 0. The Morgan fingerprint density at radius 3 is 2.37 bits per heavy atom. The van der Waals surface area contributed by atoms with E-state index in [1.807, 2.05) is 0 Å². The molecule has 0 fully saturated rings. The zero-order valence-corrected chi connectivity index (χ0v) is 10.2. The first kappa shape index (κ1) is 13.0. The van der Waals surface area contributed by atoms with Crippen molar-refractivity contribution in [2.75, 3.05) is 5.32 Å². The summed E-state index contributed by atoms with van der Waals surface area (Å²) in [4.78, 5) is 0. The third kappa shape index (κ3) is 2.89. The van der Waals surface area contributed by atoms with E-state index < -0.39 is 0 Å². The number of nitrogens with one attached hydrogen (secondary N) is 1. The number of rotatable bonds is 4. The predicted molar refractivity (Wildman–Crippen MR) is 71.1 cm³/mol. The van der Waals surface area contributed by atoms with Gasteiger partial charge in [-0.3, -0.25) is 0 Å². The molecule has 0 saturated carbocycles. The van der Waals surface area contributed by atoms with E-state index in [0.717, 1.165) is 0 Å². The Labute approximate surface area is 110 Å². The molecule has 0 heterocycles. The maximum Gasteiger partial charge on any atom is 0.162 e. The van der Waals surface area contributed by atoms with E-state index >= 15 is 0 Å². The summed E-state index contributed by atoms with van der Waals surface area (Å²) in [5.74, 6) is -0.323. The summed E-state index contributed by atoms with van der Waals surface area (Å²) in [5.41, 5.74) is 1.65. The van der Waals surface area contributed by atoms with E-state index in [4.69, 9.17) is 5.11 Å². The number of aliphatic hydroxyl groups excluding tert-OH is 1. The Hall–Kier alpha value is -2.40. The molecular weight excluding hydrogens is 246 g/mol. The molecule has 100 valence electrons. The summed E-state index contributed by atoms with van der Waals surface area (Å²) in [6.45, 7) is 0.0810. The van der Waals surface area contributed by atoms with Crippen molar-refractivity contribution in [3.05, 3.63) is 47.5 Å². The molecule has 19 heavy (non-hydrogen) atoms. The van der Waals surface area contributed by atoms with Crippen molar-refractivity contribution in [2.45, 2.75) is 13.2 Å². The number of aliphatic hydroxyl groups is 1. The Bertz CT molecular complexity index is 584. The van der Waals surface area contributed by atoms with Crippen LogP contribution in [-0.2, 0) is 13.2 Å². The molecule has 2 aromatic rings. The first-order valence-corrected chi connectivity index (χ1v) is 5.78. The number of benzene rings is 2. The zero-order valence-electron chi connectivity index (χ0n) is 10.2. The standard InChI is InChI=1S/C14H15NO4/c16-8-10-4-5-11(6-13(10)18)15-7-9-2-1-3-12(17)14(9)19/h1-6,15-19H,7-8H2. The average molecular weight is 261 g/mol. The number of aromatic hydroxyl groups is 3. The lowest BCUT2D eigenvalue weighted by molar-refractivity contribution is 0.275. The molecule has 0 radical (unpaired) electrons. The van der Waals surface area contributed by atoms with Gasteiger partial charge in [-0.1, -0.05) is 18.2 Å². The second-order valence-corrected chi connectivity index (χ2v) is 4.14. The molecule has 2 aromatic carbocycles. The highest BCUT2D eigenvalue weighted by atomic mass is 16.3. The zero-order chi connectivity index (χ0) is 13.8. The van der Waals surface area contributed by atoms with Crippen molar-refractivity contribution in [3.63, 3.8) is 0 Å². The second-order valence-electron chi connectivity index (χ2n) is 4.14. The van der Waals surface area contributed by atoms with E-state index in [2.05, 4.69) is 5.32 Å². The highest BCUT2D eigenvalue weighted by Gasteiger charge is 2.06. The maximum atomic E-state index is 9.64. The van der Waals surface area contributed by atoms with Crippen LogP contribution < -0.4 is 5.32 Å². The monoisotopic (exact) mass is 261 g/mol. The van der Waals surface area contributed by atoms with Crippen molar-refractivity contribution >= 4 is 5.69 Å². The highest BCUT2D eigenvalue weighted by Crippen LogP contribution is 2.29. The molecule has 5 heteroatoms. The molecule has 0 aliphatic heterocycles. The molecule has 5 nitrogen and oxygen atoms in total. The third-order valence-corrected chi connectivity index (χ3v) is 2.84. The van der Waals surface area contributed by atoms with Crippen LogP contribution in [0.1, 0.15) is 11.1 Å². The summed E-state index contributed by atoms with van der Waals surface area (Å²) in [5, 5.41) is 40.6. The maximum absolute atomic E-state index is 9.64. The van der Waals surface area contributed by atoms with Crippen molar-refractivity contribution in [3.8, 4) is 17.2 Å². The fourth-order valence-electron chi connectivity index (χ4n) is 1.73. The molecule has 5 N–H and O–H groups in total. The molecule has 0 aromatic heterocycles. The van der Waals surface area contributed by atoms with Gasteiger partial charge in [0.25, 0.3) is 0 Å². The highest BCUT2D eigenvalue weighted by molar-refractivity contribution is 5.53. The lowest BCUT2D eigenvalue weighted by Crippen LogP contribution is -2.00. The van der Waals surface area contributed by atoms with Crippen LogP contribution in [0.4, 0.5) is 5.69 Å². The Balaban J connectivity index is 2.10. The van der Waals surface area contributed by atoms with Crippen molar-refractivity contribution < 1.29 is 20.4 Å². The molecule has 0 bridgehead atoms. The number of phenols is 3. The quantitative estimate of drug-likeness (QED) is 0.542. The van der Waals surface area contributed by atoms with Crippen LogP contribution >= 0.6 is 0 Å². The SMILES string of the molecule is OCc1ccc(NCc2cccc(O)c2O)cc1O. The summed E-state index contributed by atoms with van der Waals surface area (Å²) in [6, 6.07) is 9.54. The van der Waals surface area contributed by atoms with Crippen LogP contribution in [0.3, 0.4) is 0 Å². The van der Waals surface area contributed by atoms with Crippen LogP contribution in [0, 0.1) is 0 Å². The first-order valence-electron chi connectivity index (χ1n) is 5.78. The minimum atomic E-state index is -0.223. The Morgan fingerprint density at radius 1 is 0.895 bits per heavy atom. The molecule has 0 atom stereocenters. The van der Waals surface area contributed by atoms with Gasteiger partial charge < -0.3 is 25.7 Å². The molecular formula is C14H15NO4. The van der Waals surface area contributed by atoms with E-state index in [-0.39, 0.29) is 23.9 Å².